The topological polar surface area (TPSA) is 26.0 Å². The Morgan fingerprint density at radius 2 is 1.83 bits per heavy atom. The van der Waals surface area contributed by atoms with Crippen molar-refractivity contribution in [3.8, 4) is 0 Å². The van der Waals surface area contributed by atoms with E-state index in [1.165, 1.54) is 18.4 Å². The van der Waals surface area contributed by atoms with Crippen molar-refractivity contribution in [3.05, 3.63) is 34.9 Å². The smallest absolute Gasteiger partial charge is 0.0443 e. The Hall–Kier alpha value is -0.530. The lowest BCUT2D eigenvalue weighted by Gasteiger charge is -2.46. The van der Waals surface area contributed by atoms with Crippen LogP contribution in [0.1, 0.15) is 45.6 Å². The van der Waals surface area contributed by atoms with Crippen molar-refractivity contribution < 1.29 is 0 Å². The van der Waals surface area contributed by atoms with Gasteiger partial charge >= 0.3 is 0 Å². The van der Waals surface area contributed by atoms with Gasteiger partial charge in [0.2, 0.25) is 0 Å². The van der Waals surface area contributed by atoms with E-state index >= 15 is 0 Å². The summed E-state index contributed by atoms with van der Waals surface area (Å²) in [7, 11) is 0. The summed E-state index contributed by atoms with van der Waals surface area (Å²) < 4.78 is 0. The van der Waals surface area contributed by atoms with Crippen LogP contribution < -0.4 is 5.73 Å². The highest BCUT2D eigenvalue weighted by molar-refractivity contribution is 6.30. The SMILES string of the molecule is CC1CCC(C(C)C)C(N)(c2ccc(Cl)cc2)C1. The predicted molar refractivity (Wildman–Crippen MR) is 78.7 cm³/mol. The lowest BCUT2D eigenvalue weighted by Crippen LogP contribution is -2.50. The molecule has 0 aliphatic heterocycles. The minimum Gasteiger partial charge on any atom is -0.321 e. The van der Waals surface area contributed by atoms with Gasteiger partial charge in [0.1, 0.15) is 0 Å². The van der Waals surface area contributed by atoms with Crippen molar-refractivity contribution >= 4 is 11.6 Å². The zero-order chi connectivity index (χ0) is 13.3. The van der Waals surface area contributed by atoms with Crippen LogP contribution in [0.5, 0.6) is 0 Å². The number of halogens is 1. The van der Waals surface area contributed by atoms with Gasteiger partial charge < -0.3 is 5.73 Å². The van der Waals surface area contributed by atoms with Crippen LogP contribution in [0.25, 0.3) is 0 Å². The summed E-state index contributed by atoms with van der Waals surface area (Å²) in [5, 5.41) is 0.785. The van der Waals surface area contributed by atoms with E-state index in [0.29, 0.717) is 17.8 Å². The number of benzene rings is 1. The highest BCUT2D eigenvalue weighted by Crippen LogP contribution is 2.45. The molecular weight excluding hydrogens is 242 g/mol. The molecule has 2 heteroatoms. The normalized spacial score (nSPS) is 32.8. The molecule has 1 aliphatic carbocycles. The molecule has 1 nitrogen and oxygen atoms in total. The van der Waals surface area contributed by atoms with Crippen molar-refractivity contribution in [1.29, 1.82) is 0 Å². The molecule has 0 heterocycles. The first-order valence-electron chi connectivity index (χ1n) is 6.98. The van der Waals surface area contributed by atoms with Gasteiger partial charge in [-0.25, -0.2) is 0 Å². The Morgan fingerprint density at radius 3 is 2.39 bits per heavy atom. The quantitative estimate of drug-likeness (QED) is 0.832. The van der Waals surface area contributed by atoms with E-state index in [2.05, 4.69) is 32.9 Å². The molecule has 3 atom stereocenters. The van der Waals surface area contributed by atoms with Gasteiger partial charge in [-0.15, -0.1) is 0 Å². The molecule has 2 rings (SSSR count). The molecule has 0 amide bonds. The molecule has 1 aromatic rings. The van der Waals surface area contributed by atoms with Crippen LogP contribution in [0.2, 0.25) is 5.02 Å². The van der Waals surface area contributed by atoms with Gasteiger partial charge in [0, 0.05) is 10.6 Å². The molecule has 1 fully saturated rings. The molecule has 100 valence electrons. The van der Waals surface area contributed by atoms with Crippen LogP contribution >= 0.6 is 11.6 Å². The first kappa shape index (κ1) is 13.9. The van der Waals surface area contributed by atoms with Gasteiger partial charge in [0.05, 0.1) is 0 Å². The summed E-state index contributed by atoms with van der Waals surface area (Å²) in [6, 6.07) is 8.13. The minimum atomic E-state index is -0.184. The molecule has 0 saturated heterocycles. The summed E-state index contributed by atoms with van der Waals surface area (Å²) in [4.78, 5) is 0. The van der Waals surface area contributed by atoms with E-state index in [0.717, 1.165) is 11.4 Å². The Kier molecular flexibility index (Phi) is 4.03. The van der Waals surface area contributed by atoms with Crippen molar-refractivity contribution in [2.45, 2.75) is 45.6 Å². The monoisotopic (exact) mass is 265 g/mol. The lowest BCUT2D eigenvalue weighted by atomic mass is 9.63. The maximum Gasteiger partial charge on any atom is 0.0443 e. The Bertz CT molecular complexity index is 398. The second kappa shape index (κ2) is 5.22. The fourth-order valence-corrected chi connectivity index (χ4v) is 3.70. The van der Waals surface area contributed by atoms with Gasteiger partial charge in [-0.3, -0.25) is 0 Å². The van der Waals surface area contributed by atoms with Crippen LogP contribution in [0.4, 0.5) is 0 Å². The van der Waals surface area contributed by atoms with Crippen LogP contribution in [-0.4, -0.2) is 0 Å². The highest BCUT2D eigenvalue weighted by atomic mass is 35.5. The van der Waals surface area contributed by atoms with E-state index in [1.807, 2.05) is 12.1 Å². The van der Waals surface area contributed by atoms with Crippen LogP contribution in [0, 0.1) is 17.8 Å². The molecule has 18 heavy (non-hydrogen) atoms. The second-order valence-corrected chi connectivity index (χ2v) is 6.72. The third kappa shape index (κ3) is 2.57. The molecular formula is C16H24ClN. The van der Waals surface area contributed by atoms with Crippen molar-refractivity contribution in [3.63, 3.8) is 0 Å². The maximum absolute atomic E-state index is 6.82. The van der Waals surface area contributed by atoms with E-state index in [1.54, 1.807) is 0 Å². The average Bonchev–Trinajstić information content (AvgIpc) is 2.28. The van der Waals surface area contributed by atoms with Crippen LogP contribution in [0.3, 0.4) is 0 Å². The first-order valence-corrected chi connectivity index (χ1v) is 7.36. The third-order valence-electron chi connectivity index (χ3n) is 4.50. The molecule has 1 aliphatic rings. The van der Waals surface area contributed by atoms with E-state index in [-0.39, 0.29) is 5.54 Å². The number of hydrogen-bond donors (Lipinski definition) is 1. The van der Waals surface area contributed by atoms with E-state index in [4.69, 9.17) is 17.3 Å². The third-order valence-corrected chi connectivity index (χ3v) is 4.76. The fourth-order valence-electron chi connectivity index (χ4n) is 3.57. The maximum atomic E-state index is 6.82. The molecule has 2 N–H and O–H groups in total. The zero-order valence-corrected chi connectivity index (χ0v) is 12.4. The predicted octanol–water partition coefficient (Wildman–Crippen LogP) is 4.59. The van der Waals surface area contributed by atoms with Crippen molar-refractivity contribution in [2.24, 2.45) is 23.5 Å². The highest BCUT2D eigenvalue weighted by Gasteiger charge is 2.42. The minimum absolute atomic E-state index is 0.184. The van der Waals surface area contributed by atoms with Gasteiger partial charge in [-0.1, -0.05) is 50.9 Å². The standard InChI is InChI=1S/C16H24ClN/c1-11(2)15-9-4-12(3)10-16(15,18)13-5-7-14(17)8-6-13/h5-8,11-12,15H,4,9-10,18H2,1-3H3. The summed E-state index contributed by atoms with van der Waals surface area (Å²) >= 11 is 5.98. The molecule has 3 unspecified atom stereocenters. The Balaban J connectivity index is 2.37. The van der Waals surface area contributed by atoms with Gasteiger partial charge in [0.25, 0.3) is 0 Å². The lowest BCUT2D eigenvalue weighted by molar-refractivity contribution is 0.108. The first-order chi connectivity index (χ1) is 8.43. The summed E-state index contributed by atoms with van der Waals surface area (Å²) in [5.41, 5.74) is 7.89. The Labute approximate surface area is 116 Å². The molecule has 0 aromatic heterocycles. The largest absolute Gasteiger partial charge is 0.321 e. The summed E-state index contributed by atoms with van der Waals surface area (Å²) in [5.74, 6) is 1.90. The van der Waals surface area contributed by atoms with Gasteiger partial charge in [-0.05, 0) is 48.3 Å². The molecule has 0 bridgehead atoms. The van der Waals surface area contributed by atoms with Crippen molar-refractivity contribution in [1.82, 2.24) is 0 Å². The number of hydrogen-bond acceptors (Lipinski definition) is 1. The van der Waals surface area contributed by atoms with E-state index in [9.17, 15) is 0 Å². The summed E-state index contributed by atoms with van der Waals surface area (Å²) in [6.45, 7) is 6.89. The average molecular weight is 266 g/mol. The Morgan fingerprint density at radius 1 is 1.22 bits per heavy atom. The molecule has 0 spiro atoms. The number of rotatable bonds is 2. The molecule has 1 saturated carbocycles. The van der Waals surface area contributed by atoms with E-state index < -0.39 is 0 Å². The fraction of sp³-hybridized carbons (Fsp3) is 0.625. The summed E-state index contributed by atoms with van der Waals surface area (Å²) in [6.07, 6.45) is 3.62. The number of nitrogens with two attached hydrogens (primary N) is 1. The van der Waals surface area contributed by atoms with Crippen LogP contribution in [-0.2, 0) is 5.54 Å². The molecule has 1 aromatic carbocycles. The van der Waals surface area contributed by atoms with Gasteiger partial charge in [0.15, 0.2) is 0 Å². The van der Waals surface area contributed by atoms with Crippen molar-refractivity contribution in [2.75, 3.05) is 0 Å². The second-order valence-electron chi connectivity index (χ2n) is 6.28. The van der Waals surface area contributed by atoms with Gasteiger partial charge in [-0.2, -0.15) is 0 Å². The van der Waals surface area contributed by atoms with Crippen LogP contribution in [0.15, 0.2) is 24.3 Å². The zero-order valence-electron chi connectivity index (χ0n) is 11.6. The molecule has 0 radical (unpaired) electrons.